The van der Waals surface area contributed by atoms with Crippen LogP contribution in [0.2, 0.25) is 5.28 Å². The molecule has 1 aliphatic rings. The number of rotatable bonds is 5. The maximum atomic E-state index is 5.98. The summed E-state index contributed by atoms with van der Waals surface area (Å²) < 4.78 is 0. The maximum absolute atomic E-state index is 5.98. The Morgan fingerprint density at radius 2 is 2.05 bits per heavy atom. The molecule has 1 saturated heterocycles. The zero-order chi connectivity index (χ0) is 13.7. The second-order valence-corrected chi connectivity index (χ2v) is 5.18. The average molecular weight is 282 g/mol. The van der Waals surface area contributed by atoms with Crippen LogP contribution in [0.3, 0.4) is 0 Å². The molecule has 0 saturated carbocycles. The van der Waals surface area contributed by atoms with Crippen LogP contribution < -0.4 is 10.2 Å². The molecular weight excluding hydrogens is 262 g/mol. The van der Waals surface area contributed by atoms with Gasteiger partial charge >= 0.3 is 0 Å². The minimum Gasteiger partial charge on any atom is -0.351 e. The zero-order valence-corrected chi connectivity index (χ0v) is 12.0. The highest BCUT2D eigenvalue weighted by atomic mass is 35.5. The van der Waals surface area contributed by atoms with Crippen LogP contribution in [0, 0.1) is 0 Å². The van der Waals surface area contributed by atoms with E-state index in [0.29, 0.717) is 11.9 Å². The highest BCUT2D eigenvalue weighted by Gasteiger charge is 2.16. The molecule has 0 aliphatic carbocycles. The van der Waals surface area contributed by atoms with E-state index in [9.17, 15) is 0 Å². The van der Waals surface area contributed by atoms with Crippen LogP contribution >= 0.6 is 11.6 Å². The van der Waals surface area contributed by atoms with Gasteiger partial charge in [0.1, 0.15) is 0 Å². The lowest BCUT2D eigenvalue weighted by atomic mass is 10.1. The highest BCUT2D eigenvalue weighted by molar-refractivity contribution is 6.28. The molecule has 1 fully saturated rings. The fourth-order valence-corrected chi connectivity index (χ4v) is 2.32. The van der Waals surface area contributed by atoms with Gasteiger partial charge in [-0.1, -0.05) is 6.08 Å². The van der Waals surface area contributed by atoms with E-state index < -0.39 is 0 Å². The lowest BCUT2D eigenvalue weighted by Gasteiger charge is -2.26. The molecule has 1 aromatic heterocycles. The molecule has 0 spiro atoms. The topological polar surface area (TPSA) is 53.9 Å². The Kier molecular flexibility index (Phi) is 4.96. The average Bonchev–Trinajstić information content (AvgIpc) is 2.39. The van der Waals surface area contributed by atoms with E-state index in [2.05, 4.69) is 38.7 Å². The fourth-order valence-electron chi connectivity index (χ4n) is 2.17. The molecule has 19 heavy (non-hydrogen) atoms. The zero-order valence-electron chi connectivity index (χ0n) is 11.3. The van der Waals surface area contributed by atoms with Crippen molar-refractivity contribution in [1.82, 2.24) is 15.0 Å². The Balaban J connectivity index is 2.11. The number of anilines is 2. The van der Waals surface area contributed by atoms with Gasteiger partial charge in [-0.05, 0) is 44.2 Å². The van der Waals surface area contributed by atoms with Crippen molar-refractivity contribution >= 4 is 23.5 Å². The van der Waals surface area contributed by atoms with Gasteiger partial charge in [0.15, 0.2) is 0 Å². The van der Waals surface area contributed by atoms with Crippen molar-refractivity contribution in [2.45, 2.75) is 38.6 Å². The predicted molar refractivity (Wildman–Crippen MR) is 78.8 cm³/mol. The van der Waals surface area contributed by atoms with E-state index in [0.717, 1.165) is 19.5 Å². The predicted octanol–water partition coefficient (Wildman–Crippen LogP) is 2.89. The standard InChI is InChI=1S/C13H20ClN5/c1-3-7-10(2)15-12-16-11(14)17-13(18-12)19-8-5-4-6-9-19/h3,10H,1,4-9H2,2H3,(H,15,16,17,18). The Hall–Kier alpha value is -1.36. The Labute approximate surface area is 119 Å². The minimum atomic E-state index is 0.227. The third-order valence-corrected chi connectivity index (χ3v) is 3.30. The summed E-state index contributed by atoms with van der Waals surface area (Å²) in [6.45, 7) is 7.76. The molecule has 2 rings (SSSR count). The molecule has 0 bridgehead atoms. The molecule has 1 unspecified atom stereocenters. The van der Waals surface area contributed by atoms with Crippen molar-refractivity contribution in [3.63, 3.8) is 0 Å². The van der Waals surface area contributed by atoms with Crippen LogP contribution in [0.15, 0.2) is 12.7 Å². The molecule has 0 aromatic carbocycles. The monoisotopic (exact) mass is 281 g/mol. The number of nitrogens with zero attached hydrogens (tertiary/aromatic N) is 4. The normalized spacial score (nSPS) is 17.1. The molecule has 0 radical (unpaired) electrons. The first-order chi connectivity index (χ1) is 9.19. The molecule has 6 heteroatoms. The summed E-state index contributed by atoms with van der Waals surface area (Å²) in [5.41, 5.74) is 0. The van der Waals surface area contributed by atoms with E-state index in [4.69, 9.17) is 11.6 Å². The van der Waals surface area contributed by atoms with E-state index in [1.165, 1.54) is 19.3 Å². The Morgan fingerprint density at radius 1 is 1.32 bits per heavy atom. The lowest BCUT2D eigenvalue weighted by Crippen LogP contribution is -2.31. The van der Waals surface area contributed by atoms with Gasteiger partial charge in [-0.2, -0.15) is 15.0 Å². The maximum Gasteiger partial charge on any atom is 0.231 e. The smallest absolute Gasteiger partial charge is 0.231 e. The highest BCUT2D eigenvalue weighted by Crippen LogP contribution is 2.18. The van der Waals surface area contributed by atoms with Crippen LogP contribution in [0.5, 0.6) is 0 Å². The number of hydrogen-bond acceptors (Lipinski definition) is 5. The van der Waals surface area contributed by atoms with Crippen LogP contribution in [-0.2, 0) is 0 Å². The first-order valence-corrected chi connectivity index (χ1v) is 7.11. The SMILES string of the molecule is C=CCC(C)Nc1nc(Cl)nc(N2CCCCC2)n1. The number of piperidine rings is 1. The molecule has 1 atom stereocenters. The van der Waals surface area contributed by atoms with Crippen molar-refractivity contribution in [3.05, 3.63) is 17.9 Å². The summed E-state index contributed by atoms with van der Waals surface area (Å²) in [6.07, 6.45) is 6.35. The van der Waals surface area contributed by atoms with Crippen LogP contribution in [0.25, 0.3) is 0 Å². The molecule has 2 heterocycles. The molecule has 1 N–H and O–H groups in total. The molecule has 5 nitrogen and oxygen atoms in total. The number of nitrogens with one attached hydrogen (secondary N) is 1. The second-order valence-electron chi connectivity index (χ2n) is 4.85. The molecule has 1 aromatic rings. The molecule has 1 aliphatic heterocycles. The van der Waals surface area contributed by atoms with E-state index >= 15 is 0 Å². The number of halogens is 1. The van der Waals surface area contributed by atoms with Crippen molar-refractivity contribution < 1.29 is 0 Å². The van der Waals surface area contributed by atoms with Crippen LogP contribution in [0.1, 0.15) is 32.6 Å². The van der Waals surface area contributed by atoms with Gasteiger partial charge in [-0.3, -0.25) is 0 Å². The summed E-state index contributed by atoms with van der Waals surface area (Å²) in [5.74, 6) is 1.21. The van der Waals surface area contributed by atoms with Crippen molar-refractivity contribution in [2.75, 3.05) is 23.3 Å². The third-order valence-electron chi connectivity index (χ3n) is 3.13. The van der Waals surface area contributed by atoms with E-state index in [1.54, 1.807) is 0 Å². The fraction of sp³-hybridized carbons (Fsp3) is 0.615. The van der Waals surface area contributed by atoms with Gasteiger partial charge in [0.25, 0.3) is 0 Å². The van der Waals surface area contributed by atoms with Crippen LogP contribution in [-0.4, -0.2) is 34.1 Å². The van der Waals surface area contributed by atoms with Gasteiger partial charge in [-0.15, -0.1) is 6.58 Å². The van der Waals surface area contributed by atoms with E-state index in [1.807, 2.05) is 6.08 Å². The summed E-state index contributed by atoms with van der Waals surface area (Å²) >= 11 is 5.98. The second kappa shape index (κ2) is 6.70. The summed E-state index contributed by atoms with van der Waals surface area (Å²) in [7, 11) is 0. The summed E-state index contributed by atoms with van der Waals surface area (Å²) in [4.78, 5) is 15.0. The van der Waals surface area contributed by atoms with Gasteiger partial charge in [0, 0.05) is 19.1 Å². The van der Waals surface area contributed by atoms with Gasteiger partial charge in [0.2, 0.25) is 17.2 Å². The first-order valence-electron chi connectivity index (χ1n) is 6.73. The largest absolute Gasteiger partial charge is 0.351 e. The quantitative estimate of drug-likeness (QED) is 0.841. The van der Waals surface area contributed by atoms with Crippen molar-refractivity contribution in [1.29, 1.82) is 0 Å². The van der Waals surface area contributed by atoms with Crippen molar-refractivity contribution in [3.8, 4) is 0 Å². The Bertz CT molecular complexity index is 431. The Morgan fingerprint density at radius 3 is 2.74 bits per heavy atom. The summed E-state index contributed by atoms with van der Waals surface area (Å²) in [5, 5.41) is 3.46. The number of hydrogen-bond donors (Lipinski definition) is 1. The van der Waals surface area contributed by atoms with Gasteiger partial charge < -0.3 is 10.2 Å². The third kappa shape index (κ3) is 4.06. The van der Waals surface area contributed by atoms with E-state index in [-0.39, 0.29) is 11.3 Å². The number of aromatic nitrogens is 3. The summed E-state index contributed by atoms with van der Waals surface area (Å²) in [6, 6.07) is 0.227. The lowest BCUT2D eigenvalue weighted by molar-refractivity contribution is 0.567. The van der Waals surface area contributed by atoms with Gasteiger partial charge in [0.05, 0.1) is 0 Å². The van der Waals surface area contributed by atoms with Crippen LogP contribution in [0.4, 0.5) is 11.9 Å². The molecular formula is C13H20ClN5. The molecule has 0 amide bonds. The van der Waals surface area contributed by atoms with Gasteiger partial charge in [-0.25, -0.2) is 0 Å². The minimum absolute atomic E-state index is 0.227. The first kappa shape index (κ1) is 14.1. The van der Waals surface area contributed by atoms with Crippen molar-refractivity contribution in [2.24, 2.45) is 0 Å². The molecule has 104 valence electrons.